The lowest BCUT2D eigenvalue weighted by Gasteiger charge is -2.36. The molecule has 0 radical (unpaired) electrons. The second kappa shape index (κ2) is 8.97. The number of nitrogens with one attached hydrogen (secondary N) is 1. The summed E-state index contributed by atoms with van der Waals surface area (Å²) in [5, 5.41) is 9.10. The summed E-state index contributed by atoms with van der Waals surface area (Å²) >= 11 is -1.40. The third-order valence-electron chi connectivity index (χ3n) is 5.32. The second-order valence-corrected chi connectivity index (χ2v) is 10.6. The van der Waals surface area contributed by atoms with Gasteiger partial charge in [-0.15, -0.1) is 4.72 Å². The Morgan fingerprint density at radius 2 is 1.61 bits per heavy atom. The highest BCUT2D eigenvalue weighted by molar-refractivity contribution is 7.90. The number of rotatable bonds is 5. The maximum absolute atomic E-state index is 13.5. The van der Waals surface area contributed by atoms with Crippen LogP contribution in [0.5, 0.6) is 0 Å². The molecule has 8 nitrogen and oxygen atoms in total. The first-order valence-corrected chi connectivity index (χ1v) is 11.2. The normalized spacial score (nSPS) is 17.9. The van der Waals surface area contributed by atoms with Crippen LogP contribution in [0.2, 0.25) is 0 Å². The molecule has 3 rings (SSSR count). The number of benzene rings is 1. The molecule has 2 aromatic rings. The maximum Gasteiger partial charge on any atom is 0.407 e. The van der Waals surface area contributed by atoms with Crippen molar-refractivity contribution < 1.29 is 18.8 Å². The zero-order valence-electron chi connectivity index (χ0n) is 18.1. The molecule has 0 bridgehead atoms. The Kier molecular flexibility index (Phi) is 6.73. The van der Waals surface area contributed by atoms with E-state index in [0.717, 1.165) is 5.56 Å². The van der Waals surface area contributed by atoms with Gasteiger partial charge in [0.15, 0.2) is 0 Å². The lowest BCUT2D eigenvalue weighted by atomic mass is 9.87. The SMILES string of the molecule is CC(N[S+]([O-])C(C)(C)C)(c1ccc(F)cc1)c1cnc(N2CCN(C(=O)O)CC2)nc1. The third-order valence-corrected chi connectivity index (χ3v) is 7.03. The summed E-state index contributed by atoms with van der Waals surface area (Å²) < 4.78 is 29.1. The predicted molar refractivity (Wildman–Crippen MR) is 118 cm³/mol. The number of hydrogen-bond acceptors (Lipinski definition) is 6. The fraction of sp³-hybridized carbons (Fsp3) is 0.476. The molecule has 1 aliphatic rings. The van der Waals surface area contributed by atoms with Crippen LogP contribution in [-0.2, 0) is 16.9 Å². The van der Waals surface area contributed by atoms with Gasteiger partial charge in [-0.05, 0) is 45.4 Å². The molecule has 0 spiro atoms. The van der Waals surface area contributed by atoms with Crippen molar-refractivity contribution in [3.8, 4) is 0 Å². The van der Waals surface area contributed by atoms with Crippen LogP contribution < -0.4 is 9.62 Å². The number of amides is 1. The van der Waals surface area contributed by atoms with Crippen LogP contribution in [0, 0.1) is 5.82 Å². The van der Waals surface area contributed by atoms with Crippen molar-refractivity contribution in [3.05, 3.63) is 53.6 Å². The average molecular weight is 450 g/mol. The minimum Gasteiger partial charge on any atom is -0.598 e. The minimum atomic E-state index is -1.40. The number of hydrogen-bond donors (Lipinski definition) is 2. The molecule has 168 valence electrons. The summed E-state index contributed by atoms with van der Waals surface area (Å²) in [5.41, 5.74) is 0.509. The highest BCUT2D eigenvalue weighted by atomic mass is 32.2. The zero-order chi connectivity index (χ0) is 22.8. The molecule has 0 saturated carbocycles. The Balaban J connectivity index is 1.87. The first-order chi connectivity index (χ1) is 14.5. The molecule has 1 aliphatic heterocycles. The molecule has 1 aromatic heterocycles. The summed E-state index contributed by atoms with van der Waals surface area (Å²) in [6, 6.07) is 6.04. The van der Waals surface area contributed by atoms with Crippen LogP contribution in [0.25, 0.3) is 0 Å². The van der Waals surface area contributed by atoms with E-state index in [2.05, 4.69) is 14.7 Å². The van der Waals surface area contributed by atoms with E-state index < -0.39 is 27.7 Å². The molecule has 1 amide bonds. The van der Waals surface area contributed by atoms with Gasteiger partial charge in [0.1, 0.15) is 16.1 Å². The zero-order valence-corrected chi connectivity index (χ0v) is 18.9. The molecule has 10 heteroatoms. The quantitative estimate of drug-likeness (QED) is 0.676. The van der Waals surface area contributed by atoms with Crippen molar-refractivity contribution >= 4 is 23.4 Å². The van der Waals surface area contributed by atoms with Gasteiger partial charge in [0.05, 0.1) is 0 Å². The van der Waals surface area contributed by atoms with Crippen LogP contribution in [0.3, 0.4) is 0 Å². The van der Waals surface area contributed by atoms with Crippen molar-refractivity contribution in [2.45, 2.75) is 38.0 Å². The monoisotopic (exact) mass is 449 g/mol. The van der Waals surface area contributed by atoms with Crippen LogP contribution in [0.4, 0.5) is 15.1 Å². The number of carboxylic acid groups (broad SMARTS) is 1. The van der Waals surface area contributed by atoms with E-state index in [1.165, 1.54) is 17.0 Å². The van der Waals surface area contributed by atoms with E-state index in [4.69, 9.17) is 5.11 Å². The van der Waals surface area contributed by atoms with Crippen LogP contribution in [0.15, 0.2) is 36.7 Å². The first-order valence-electron chi connectivity index (χ1n) is 10.0. The molecule has 1 fully saturated rings. The van der Waals surface area contributed by atoms with E-state index in [0.29, 0.717) is 37.7 Å². The van der Waals surface area contributed by atoms with Gasteiger partial charge in [-0.3, -0.25) is 0 Å². The first kappa shape index (κ1) is 23.2. The molecule has 0 aliphatic carbocycles. The van der Waals surface area contributed by atoms with Crippen molar-refractivity contribution in [1.29, 1.82) is 0 Å². The topological polar surface area (TPSA) is 105 Å². The number of aromatic nitrogens is 2. The van der Waals surface area contributed by atoms with Gasteiger partial charge in [-0.1, -0.05) is 12.1 Å². The molecule has 1 aromatic carbocycles. The second-order valence-electron chi connectivity index (χ2n) is 8.64. The number of carbonyl (C=O) groups is 1. The molecule has 31 heavy (non-hydrogen) atoms. The molecule has 2 N–H and O–H groups in total. The van der Waals surface area contributed by atoms with Gasteiger partial charge in [0.2, 0.25) is 5.95 Å². The number of nitrogens with zero attached hydrogens (tertiary/aromatic N) is 4. The van der Waals surface area contributed by atoms with Crippen molar-refractivity contribution in [3.63, 3.8) is 0 Å². The van der Waals surface area contributed by atoms with Gasteiger partial charge in [0, 0.05) is 55.5 Å². The average Bonchev–Trinajstić information content (AvgIpc) is 2.73. The van der Waals surface area contributed by atoms with Gasteiger partial charge in [-0.2, -0.15) is 0 Å². The molecule has 2 atom stereocenters. The predicted octanol–water partition coefficient (Wildman–Crippen LogP) is 2.73. The summed E-state index contributed by atoms with van der Waals surface area (Å²) in [6.45, 7) is 9.28. The van der Waals surface area contributed by atoms with Gasteiger partial charge >= 0.3 is 6.09 Å². The minimum absolute atomic E-state index is 0.352. The molecular formula is C21H28FN5O3S. The Labute approximate surface area is 184 Å². The largest absolute Gasteiger partial charge is 0.598 e. The van der Waals surface area contributed by atoms with E-state index in [9.17, 15) is 13.7 Å². The van der Waals surface area contributed by atoms with Gasteiger partial charge in [-0.25, -0.2) is 19.2 Å². The van der Waals surface area contributed by atoms with E-state index in [1.54, 1.807) is 24.5 Å². The van der Waals surface area contributed by atoms with Crippen LogP contribution in [-0.4, -0.2) is 61.5 Å². The van der Waals surface area contributed by atoms with Gasteiger partial charge in [0.25, 0.3) is 0 Å². The fourth-order valence-corrected chi connectivity index (χ4v) is 4.16. The van der Waals surface area contributed by atoms with Crippen molar-refractivity contribution in [1.82, 2.24) is 19.6 Å². The van der Waals surface area contributed by atoms with E-state index in [1.807, 2.05) is 32.6 Å². The van der Waals surface area contributed by atoms with Crippen LogP contribution in [0.1, 0.15) is 38.8 Å². The summed E-state index contributed by atoms with van der Waals surface area (Å²) in [4.78, 5) is 23.4. The maximum atomic E-state index is 13.5. The molecule has 2 unspecified atom stereocenters. The summed E-state index contributed by atoms with van der Waals surface area (Å²) in [5.74, 6) is 0.155. The Hall–Kier alpha value is -2.43. The Morgan fingerprint density at radius 3 is 2.10 bits per heavy atom. The van der Waals surface area contributed by atoms with Gasteiger partial charge < -0.3 is 19.5 Å². The fourth-order valence-electron chi connectivity index (χ4n) is 3.25. The summed E-state index contributed by atoms with van der Waals surface area (Å²) in [7, 11) is 0. The van der Waals surface area contributed by atoms with Crippen molar-refractivity contribution in [2.24, 2.45) is 0 Å². The standard InChI is InChI=1S/C21H28FN5O3S/c1-20(2,3)31(30)25-21(4,15-5-7-17(22)8-6-15)16-13-23-18(24-14-16)26-9-11-27(12-10-26)19(28)29/h5-8,13-14,25H,9-12H2,1-4H3,(H,28,29). The Morgan fingerprint density at radius 1 is 1.06 bits per heavy atom. The number of halogens is 1. The van der Waals surface area contributed by atoms with Crippen LogP contribution >= 0.6 is 0 Å². The van der Waals surface area contributed by atoms with E-state index in [-0.39, 0.29) is 5.82 Å². The Bertz CT molecular complexity index is 899. The van der Waals surface area contributed by atoms with E-state index >= 15 is 0 Å². The highest BCUT2D eigenvalue weighted by Gasteiger charge is 2.39. The molecule has 2 heterocycles. The molecule has 1 saturated heterocycles. The summed E-state index contributed by atoms with van der Waals surface area (Å²) in [6.07, 6.45) is 2.41. The third kappa shape index (κ3) is 5.25. The van der Waals surface area contributed by atoms with Crippen molar-refractivity contribution in [2.75, 3.05) is 31.1 Å². The number of anilines is 1. The highest BCUT2D eigenvalue weighted by Crippen LogP contribution is 2.32. The smallest absolute Gasteiger partial charge is 0.407 e. The molecular weight excluding hydrogens is 421 g/mol. The number of piperazine rings is 1. The lowest BCUT2D eigenvalue weighted by molar-refractivity contribution is 0.142. The lowest BCUT2D eigenvalue weighted by Crippen LogP contribution is -2.51.